The van der Waals surface area contributed by atoms with Gasteiger partial charge in [0.15, 0.2) is 0 Å². The number of allylic oxidation sites excluding steroid dienone is 1. The maximum atomic E-state index is 13.6. The number of nitrogens with zero attached hydrogens (tertiary/aromatic N) is 3. The van der Waals surface area contributed by atoms with Crippen molar-refractivity contribution in [3.63, 3.8) is 0 Å². The monoisotopic (exact) mass is 726 g/mol. The Labute approximate surface area is 302 Å². The minimum absolute atomic E-state index is 0.0128. The molecule has 2 aromatic rings. The molecule has 284 valence electrons. The van der Waals surface area contributed by atoms with Gasteiger partial charge in [0.1, 0.15) is 24.1 Å². The highest BCUT2D eigenvalue weighted by atomic mass is 16.6. The minimum atomic E-state index is -1.93. The zero-order valence-corrected chi connectivity index (χ0v) is 29.4. The standard InChI is InChI=1S/C37H50N4O11/c1-40(36(46)38-14-18-50-19-17-44)33-22-31(39-51-23-24-8-10-26(11-9-24)41(48)49)29-20-25(6-2-4-15-42)28(7-3-5-16-43)34-30-21-27(45)12-13-32(30)52-37(33,47)35(29)34/h8-13,20-21,25,28,33-35,42-45,47H,2-7,14-19,22-23H2,1H3,(H,38,46). The lowest BCUT2D eigenvalue weighted by atomic mass is 9.55. The highest BCUT2D eigenvalue weighted by molar-refractivity contribution is 6.03. The van der Waals surface area contributed by atoms with E-state index in [-0.39, 0.29) is 81.8 Å². The minimum Gasteiger partial charge on any atom is -0.508 e. The molecule has 1 aliphatic heterocycles. The van der Waals surface area contributed by atoms with E-state index >= 15 is 0 Å². The molecule has 6 atom stereocenters. The Balaban J connectivity index is 1.58. The number of rotatable bonds is 18. The number of unbranched alkanes of at least 4 members (excludes halogenated alkanes) is 2. The van der Waals surface area contributed by atoms with E-state index in [1.807, 2.05) is 0 Å². The van der Waals surface area contributed by atoms with Gasteiger partial charge in [0.2, 0.25) is 5.79 Å². The lowest BCUT2D eigenvalue weighted by Crippen LogP contribution is -2.69. The number of non-ortho nitro benzene ring substituents is 1. The van der Waals surface area contributed by atoms with Crippen LogP contribution in [0.1, 0.15) is 62.0 Å². The van der Waals surface area contributed by atoms with E-state index < -0.39 is 28.7 Å². The van der Waals surface area contributed by atoms with Crippen molar-refractivity contribution in [2.75, 3.05) is 46.6 Å². The number of aliphatic hydroxyl groups is 4. The average molecular weight is 727 g/mol. The fourth-order valence-electron chi connectivity index (χ4n) is 7.92. The van der Waals surface area contributed by atoms with Crippen LogP contribution in [0.4, 0.5) is 10.5 Å². The number of amides is 2. The molecular formula is C37H50N4O11. The van der Waals surface area contributed by atoms with Gasteiger partial charge in [0.05, 0.1) is 36.4 Å². The van der Waals surface area contributed by atoms with Crippen LogP contribution in [0.25, 0.3) is 0 Å². The number of aliphatic hydroxyl groups excluding tert-OH is 3. The van der Waals surface area contributed by atoms with Crippen molar-refractivity contribution in [2.45, 2.75) is 69.3 Å². The molecule has 2 aliphatic carbocycles. The van der Waals surface area contributed by atoms with Crippen molar-refractivity contribution < 1.29 is 49.6 Å². The Morgan fingerprint density at radius 1 is 1.06 bits per heavy atom. The van der Waals surface area contributed by atoms with Crippen LogP contribution in [0.3, 0.4) is 0 Å². The quantitative estimate of drug-likeness (QED) is 0.0742. The van der Waals surface area contributed by atoms with Crippen LogP contribution in [0, 0.1) is 27.9 Å². The lowest BCUT2D eigenvalue weighted by Gasteiger charge is -2.58. The Bertz CT molecular complexity index is 1590. The van der Waals surface area contributed by atoms with E-state index in [1.54, 1.807) is 31.3 Å². The van der Waals surface area contributed by atoms with Gasteiger partial charge < -0.3 is 50.1 Å². The number of urea groups is 1. The molecule has 6 unspecified atom stereocenters. The number of nitro groups is 1. The molecular weight excluding hydrogens is 676 g/mol. The smallest absolute Gasteiger partial charge is 0.317 e. The predicted molar refractivity (Wildman–Crippen MR) is 190 cm³/mol. The Kier molecular flexibility index (Phi) is 13.5. The van der Waals surface area contributed by atoms with Crippen molar-refractivity contribution in [1.82, 2.24) is 10.2 Å². The van der Waals surface area contributed by atoms with Gasteiger partial charge in [-0.25, -0.2) is 4.79 Å². The van der Waals surface area contributed by atoms with E-state index in [9.17, 15) is 35.3 Å². The summed E-state index contributed by atoms with van der Waals surface area (Å²) in [6, 6.07) is 9.31. The number of hydrogen-bond acceptors (Lipinski definition) is 12. The molecule has 1 heterocycles. The number of carbonyl (C=O) groups is 1. The van der Waals surface area contributed by atoms with Crippen LogP contribution < -0.4 is 10.1 Å². The third-order valence-corrected chi connectivity index (χ3v) is 10.4. The summed E-state index contributed by atoms with van der Waals surface area (Å²) >= 11 is 0. The molecule has 0 aromatic heterocycles. The Morgan fingerprint density at radius 2 is 1.79 bits per heavy atom. The molecule has 5 rings (SSSR count). The third kappa shape index (κ3) is 8.67. The summed E-state index contributed by atoms with van der Waals surface area (Å²) in [6.07, 6.45) is 6.32. The average Bonchev–Trinajstić information content (AvgIpc) is 3.13. The van der Waals surface area contributed by atoms with Crippen LogP contribution in [0.5, 0.6) is 11.5 Å². The van der Waals surface area contributed by atoms with Gasteiger partial charge in [-0.15, -0.1) is 0 Å². The van der Waals surface area contributed by atoms with Crippen LogP contribution >= 0.6 is 0 Å². The van der Waals surface area contributed by atoms with Gasteiger partial charge in [-0.3, -0.25) is 10.1 Å². The van der Waals surface area contributed by atoms with Crippen LogP contribution in [-0.2, 0) is 16.2 Å². The largest absolute Gasteiger partial charge is 0.508 e. The summed E-state index contributed by atoms with van der Waals surface area (Å²) in [5, 5.41) is 70.4. The second-order valence-corrected chi connectivity index (χ2v) is 13.6. The van der Waals surface area contributed by atoms with Gasteiger partial charge in [-0.2, -0.15) is 0 Å². The first-order valence-electron chi connectivity index (χ1n) is 17.9. The van der Waals surface area contributed by atoms with E-state index in [4.69, 9.17) is 19.4 Å². The first kappa shape index (κ1) is 38.9. The van der Waals surface area contributed by atoms with Crippen molar-refractivity contribution in [2.24, 2.45) is 22.9 Å². The molecule has 0 spiro atoms. The van der Waals surface area contributed by atoms with Gasteiger partial charge in [0.25, 0.3) is 5.69 Å². The number of fused-ring (bicyclic) bond motifs is 2. The molecule has 6 N–H and O–H groups in total. The third-order valence-electron chi connectivity index (χ3n) is 10.4. The fraction of sp³-hybridized carbons (Fsp3) is 0.568. The number of aromatic hydroxyl groups is 1. The number of phenols is 1. The molecule has 2 amide bonds. The van der Waals surface area contributed by atoms with Crippen LogP contribution in [0.2, 0.25) is 0 Å². The molecule has 52 heavy (non-hydrogen) atoms. The number of nitro benzene ring substituents is 1. The summed E-state index contributed by atoms with van der Waals surface area (Å²) in [5.74, 6) is -2.68. The van der Waals surface area contributed by atoms with Crippen molar-refractivity contribution >= 4 is 17.4 Å². The first-order chi connectivity index (χ1) is 25.1. The molecule has 15 heteroatoms. The highest BCUT2D eigenvalue weighted by Gasteiger charge is 2.63. The molecule has 0 saturated heterocycles. The molecule has 3 aliphatic rings. The predicted octanol–water partition coefficient (Wildman–Crippen LogP) is 3.57. The zero-order chi connectivity index (χ0) is 37.3. The molecule has 2 aromatic carbocycles. The van der Waals surface area contributed by atoms with Gasteiger partial charge in [-0.05, 0) is 79.0 Å². The number of ether oxygens (including phenoxy) is 2. The maximum Gasteiger partial charge on any atom is 0.317 e. The van der Waals surface area contributed by atoms with Crippen molar-refractivity contribution in [3.05, 3.63) is 75.4 Å². The van der Waals surface area contributed by atoms with Crippen molar-refractivity contribution in [1.29, 1.82) is 0 Å². The van der Waals surface area contributed by atoms with E-state index in [0.29, 0.717) is 41.9 Å². The number of oxime groups is 1. The highest BCUT2D eigenvalue weighted by Crippen LogP contribution is 2.60. The second kappa shape index (κ2) is 18.0. The number of likely N-dealkylation sites (N-methyl/N-ethyl adjacent to an activating group) is 1. The SMILES string of the molecule is CN(C(=O)NCCOCCO)C1CC(=NOCc2ccc([N+](=O)[O-])cc2)C2=CC(CCCCO)C(CCCCO)C3c4cc(O)ccc4OC1(O)C23. The molecule has 0 radical (unpaired) electrons. The molecule has 15 nitrogen and oxygen atoms in total. The molecule has 0 bridgehead atoms. The molecule has 1 saturated carbocycles. The number of nitrogens with one attached hydrogen (secondary N) is 1. The first-order valence-corrected chi connectivity index (χ1v) is 17.9. The summed E-state index contributed by atoms with van der Waals surface area (Å²) in [6.45, 7) is 0.440. The van der Waals surface area contributed by atoms with Gasteiger partial charge in [0, 0.05) is 56.8 Å². The van der Waals surface area contributed by atoms with Gasteiger partial charge >= 0.3 is 6.03 Å². The van der Waals surface area contributed by atoms with Crippen LogP contribution in [-0.4, -0.2) is 106 Å². The maximum absolute atomic E-state index is 13.6. The van der Waals surface area contributed by atoms with Crippen LogP contribution in [0.15, 0.2) is 59.3 Å². The summed E-state index contributed by atoms with van der Waals surface area (Å²) in [7, 11) is 1.57. The van der Waals surface area contributed by atoms with E-state index in [2.05, 4.69) is 16.5 Å². The van der Waals surface area contributed by atoms with Crippen molar-refractivity contribution in [3.8, 4) is 11.5 Å². The van der Waals surface area contributed by atoms with E-state index in [1.165, 1.54) is 23.1 Å². The number of carbonyl (C=O) groups excluding carboxylic acids is 1. The Morgan fingerprint density at radius 3 is 2.48 bits per heavy atom. The second-order valence-electron chi connectivity index (χ2n) is 13.6. The van der Waals surface area contributed by atoms with E-state index in [0.717, 1.165) is 24.8 Å². The summed E-state index contributed by atoms with van der Waals surface area (Å²) in [5.41, 5.74) is 2.55. The zero-order valence-electron chi connectivity index (χ0n) is 29.4. The van der Waals surface area contributed by atoms with Gasteiger partial charge in [-0.1, -0.05) is 24.1 Å². The summed E-state index contributed by atoms with van der Waals surface area (Å²) < 4.78 is 11.8. The molecule has 1 fully saturated rings. The normalized spacial score (nSPS) is 25.4. The Hall–Kier alpha value is -4.28. The topological polar surface area (TPSA) is 217 Å². The lowest BCUT2D eigenvalue weighted by molar-refractivity contribution is -0.384. The fourth-order valence-corrected chi connectivity index (χ4v) is 7.92. The number of benzene rings is 2. The summed E-state index contributed by atoms with van der Waals surface area (Å²) in [4.78, 5) is 31.5. The number of phenolic OH excluding ortho intramolecular Hbond substituents is 1. The number of hydrogen-bond donors (Lipinski definition) is 6.